The van der Waals surface area contributed by atoms with Gasteiger partial charge in [-0.05, 0) is 84.1 Å². The van der Waals surface area contributed by atoms with Gasteiger partial charge in [0.05, 0.1) is 22.2 Å². The van der Waals surface area contributed by atoms with E-state index in [0.29, 0.717) is 50.6 Å². The Morgan fingerprint density at radius 1 is 1.10 bits per heavy atom. The van der Waals surface area contributed by atoms with Gasteiger partial charge in [0.15, 0.2) is 5.58 Å². The Bertz CT molecular complexity index is 1260. The van der Waals surface area contributed by atoms with E-state index in [4.69, 9.17) is 32.4 Å². The van der Waals surface area contributed by atoms with Crippen molar-refractivity contribution in [1.29, 1.82) is 0 Å². The lowest BCUT2D eigenvalue weighted by Gasteiger charge is -2.08. The Kier molecular flexibility index (Phi) is 6.17. The summed E-state index contributed by atoms with van der Waals surface area (Å²) >= 11 is 14.7. The summed E-state index contributed by atoms with van der Waals surface area (Å²) in [6.45, 7) is 2.37. The van der Waals surface area contributed by atoms with Crippen LogP contribution in [0.3, 0.4) is 0 Å². The second-order valence-corrected chi connectivity index (χ2v) is 8.42. The van der Waals surface area contributed by atoms with E-state index < -0.39 is 0 Å². The number of amides is 1. The zero-order valence-corrected chi connectivity index (χ0v) is 19.4. The molecule has 0 bridgehead atoms. The van der Waals surface area contributed by atoms with Crippen LogP contribution < -0.4 is 10.1 Å². The van der Waals surface area contributed by atoms with Crippen LogP contribution >= 0.6 is 45.8 Å². The summed E-state index contributed by atoms with van der Waals surface area (Å²) in [4.78, 5) is 17.1. The molecule has 0 saturated carbocycles. The van der Waals surface area contributed by atoms with Crippen LogP contribution in [-0.4, -0.2) is 17.5 Å². The maximum atomic E-state index is 12.6. The molecular weight excluding hydrogens is 538 g/mol. The fourth-order valence-electron chi connectivity index (χ4n) is 2.90. The summed E-state index contributed by atoms with van der Waals surface area (Å²) in [5, 5.41) is 3.79. The van der Waals surface area contributed by atoms with Gasteiger partial charge >= 0.3 is 0 Å². The van der Waals surface area contributed by atoms with Gasteiger partial charge in [0, 0.05) is 14.8 Å². The second kappa shape index (κ2) is 8.83. The molecule has 0 fully saturated rings. The fourth-order valence-corrected chi connectivity index (χ4v) is 3.82. The van der Waals surface area contributed by atoms with Crippen molar-refractivity contribution in [2.45, 2.75) is 6.92 Å². The standard InChI is InChI=1S/C22H15Cl2IN2O3/c1-2-29-19-7-3-12(9-17(19)24)21(28)26-14-5-8-20-18(11-14)27-22(30-20)15-10-13(25)4-6-16(15)23/h3-11H,2H2,1H3,(H,26,28). The molecule has 1 N–H and O–H groups in total. The molecule has 3 aromatic carbocycles. The van der Waals surface area contributed by atoms with Crippen LogP contribution in [0, 0.1) is 3.57 Å². The average Bonchev–Trinajstić information content (AvgIpc) is 3.14. The molecule has 0 radical (unpaired) electrons. The van der Waals surface area contributed by atoms with E-state index >= 15 is 0 Å². The monoisotopic (exact) mass is 552 g/mol. The molecule has 0 atom stereocenters. The summed E-state index contributed by atoms with van der Waals surface area (Å²) in [7, 11) is 0. The summed E-state index contributed by atoms with van der Waals surface area (Å²) in [6, 6.07) is 15.8. The smallest absolute Gasteiger partial charge is 0.255 e. The summed E-state index contributed by atoms with van der Waals surface area (Å²) in [5.41, 5.74) is 2.94. The number of hydrogen-bond acceptors (Lipinski definition) is 4. The van der Waals surface area contributed by atoms with Gasteiger partial charge in [0.1, 0.15) is 11.3 Å². The molecular formula is C22H15Cl2IN2O3. The number of nitrogens with one attached hydrogen (secondary N) is 1. The lowest BCUT2D eigenvalue weighted by atomic mass is 10.2. The van der Waals surface area contributed by atoms with Gasteiger partial charge in [-0.3, -0.25) is 4.79 Å². The van der Waals surface area contributed by atoms with Crippen molar-refractivity contribution in [3.63, 3.8) is 0 Å². The molecule has 0 aliphatic carbocycles. The highest BCUT2D eigenvalue weighted by Gasteiger charge is 2.14. The number of benzene rings is 3. The summed E-state index contributed by atoms with van der Waals surface area (Å²) in [5.74, 6) is 0.681. The van der Waals surface area contributed by atoms with Crippen molar-refractivity contribution < 1.29 is 13.9 Å². The van der Waals surface area contributed by atoms with Crippen LogP contribution in [0.4, 0.5) is 5.69 Å². The maximum Gasteiger partial charge on any atom is 0.255 e. The summed E-state index contributed by atoms with van der Waals surface area (Å²) < 4.78 is 12.3. The number of carbonyl (C=O) groups excluding carboxylic acids is 1. The minimum absolute atomic E-state index is 0.288. The molecule has 5 nitrogen and oxygen atoms in total. The van der Waals surface area contributed by atoms with Gasteiger partial charge in [0.2, 0.25) is 5.89 Å². The first-order chi connectivity index (χ1) is 14.4. The van der Waals surface area contributed by atoms with Crippen LogP contribution in [0.2, 0.25) is 10.0 Å². The second-order valence-electron chi connectivity index (χ2n) is 6.36. The molecule has 0 aliphatic heterocycles. The normalized spacial score (nSPS) is 10.9. The van der Waals surface area contributed by atoms with Crippen molar-refractivity contribution in [3.8, 4) is 17.2 Å². The predicted octanol–water partition coefficient (Wildman–Crippen LogP) is 7.06. The van der Waals surface area contributed by atoms with E-state index in [1.165, 1.54) is 0 Å². The maximum absolute atomic E-state index is 12.6. The Morgan fingerprint density at radius 2 is 1.93 bits per heavy atom. The van der Waals surface area contributed by atoms with E-state index in [1.807, 2.05) is 19.1 Å². The molecule has 0 unspecified atom stereocenters. The number of nitrogens with zero attached hydrogens (tertiary/aromatic N) is 1. The molecule has 0 spiro atoms. The number of ether oxygens (including phenoxy) is 1. The Labute approximate surface area is 196 Å². The van der Waals surface area contributed by atoms with Gasteiger partial charge in [-0.15, -0.1) is 0 Å². The first-order valence-electron chi connectivity index (χ1n) is 9.04. The Hall–Kier alpha value is -2.29. The van der Waals surface area contributed by atoms with Crippen LogP contribution in [0.1, 0.15) is 17.3 Å². The number of anilines is 1. The molecule has 0 aliphatic rings. The van der Waals surface area contributed by atoms with Crippen molar-refractivity contribution in [1.82, 2.24) is 4.98 Å². The lowest BCUT2D eigenvalue weighted by Crippen LogP contribution is -2.11. The highest BCUT2D eigenvalue weighted by atomic mass is 127. The van der Waals surface area contributed by atoms with Crippen molar-refractivity contribution in [3.05, 3.63) is 73.8 Å². The van der Waals surface area contributed by atoms with Crippen LogP contribution in [-0.2, 0) is 0 Å². The topological polar surface area (TPSA) is 64.4 Å². The first-order valence-corrected chi connectivity index (χ1v) is 10.9. The molecule has 30 heavy (non-hydrogen) atoms. The number of aromatic nitrogens is 1. The number of hydrogen-bond donors (Lipinski definition) is 1. The molecule has 1 aromatic heterocycles. The van der Waals surface area contributed by atoms with E-state index in [1.54, 1.807) is 42.5 Å². The zero-order chi connectivity index (χ0) is 21.3. The Balaban J connectivity index is 1.59. The van der Waals surface area contributed by atoms with Gasteiger partial charge in [-0.25, -0.2) is 4.98 Å². The van der Waals surface area contributed by atoms with Crippen molar-refractivity contribution >= 4 is 68.5 Å². The third-order valence-corrected chi connectivity index (χ3v) is 5.59. The minimum atomic E-state index is -0.288. The average molecular weight is 553 g/mol. The van der Waals surface area contributed by atoms with Gasteiger partial charge in [0.25, 0.3) is 5.91 Å². The highest BCUT2D eigenvalue weighted by molar-refractivity contribution is 14.1. The largest absolute Gasteiger partial charge is 0.492 e. The Morgan fingerprint density at radius 3 is 2.70 bits per heavy atom. The van der Waals surface area contributed by atoms with Gasteiger partial charge < -0.3 is 14.5 Å². The number of rotatable bonds is 5. The number of oxazole rings is 1. The molecule has 1 amide bonds. The quantitative estimate of drug-likeness (QED) is 0.269. The third kappa shape index (κ3) is 4.40. The van der Waals surface area contributed by atoms with E-state index in [9.17, 15) is 4.79 Å². The first kappa shape index (κ1) is 21.0. The van der Waals surface area contributed by atoms with Gasteiger partial charge in [-0.2, -0.15) is 0 Å². The molecule has 4 aromatic rings. The fraction of sp³-hybridized carbons (Fsp3) is 0.0909. The number of fused-ring (bicyclic) bond motifs is 1. The molecule has 152 valence electrons. The van der Waals surface area contributed by atoms with E-state index in [0.717, 1.165) is 9.13 Å². The van der Waals surface area contributed by atoms with Crippen molar-refractivity contribution in [2.75, 3.05) is 11.9 Å². The number of halogens is 3. The molecule has 4 rings (SSSR count). The van der Waals surface area contributed by atoms with Crippen LogP contribution in [0.5, 0.6) is 5.75 Å². The summed E-state index contributed by atoms with van der Waals surface area (Å²) in [6.07, 6.45) is 0. The highest BCUT2D eigenvalue weighted by Crippen LogP contribution is 2.32. The molecule has 0 saturated heterocycles. The van der Waals surface area contributed by atoms with Crippen LogP contribution in [0.15, 0.2) is 59.0 Å². The van der Waals surface area contributed by atoms with Crippen LogP contribution in [0.25, 0.3) is 22.6 Å². The minimum Gasteiger partial charge on any atom is -0.492 e. The van der Waals surface area contributed by atoms with Gasteiger partial charge in [-0.1, -0.05) is 23.2 Å². The SMILES string of the molecule is CCOc1ccc(C(=O)Nc2ccc3oc(-c4cc(I)ccc4Cl)nc3c2)cc1Cl. The van der Waals surface area contributed by atoms with Crippen molar-refractivity contribution in [2.24, 2.45) is 0 Å². The number of carbonyl (C=O) groups is 1. The zero-order valence-electron chi connectivity index (χ0n) is 15.7. The molecule has 1 heterocycles. The van der Waals surface area contributed by atoms with E-state index in [2.05, 4.69) is 32.9 Å². The predicted molar refractivity (Wildman–Crippen MR) is 128 cm³/mol. The molecule has 8 heteroatoms. The lowest BCUT2D eigenvalue weighted by molar-refractivity contribution is 0.102. The third-order valence-electron chi connectivity index (χ3n) is 4.30. The van der Waals surface area contributed by atoms with E-state index in [-0.39, 0.29) is 5.91 Å².